The zero-order valence-electron chi connectivity index (χ0n) is 11.5. The molecule has 0 saturated carbocycles. The van der Waals surface area contributed by atoms with Crippen LogP contribution in [0.15, 0.2) is 23.8 Å². The van der Waals surface area contributed by atoms with Gasteiger partial charge in [0.15, 0.2) is 0 Å². The van der Waals surface area contributed by atoms with E-state index in [1.165, 1.54) is 6.33 Å². The van der Waals surface area contributed by atoms with Crippen LogP contribution in [0, 0.1) is 6.92 Å². The number of nitrogens with one attached hydrogen (secondary N) is 1. The van der Waals surface area contributed by atoms with E-state index in [9.17, 15) is 4.79 Å². The lowest BCUT2D eigenvalue weighted by Gasteiger charge is -2.27. The number of primary amides is 1. The van der Waals surface area contributed by atoms with Gasteiger partial charge in [-0.2, -0.15) is 15.2 Å². The summed E-state index contributed by atoms with van der Waals surface area (Å²) in [5, 5.41) is 11.5. The average Bonchev–Trinajstić information content (AvgIpc) is 2.96. The molecule has 2 aromatic heterocycles. The van der Waals surface area contributed by atoms with Crippen molar-refractivity contribution in [3.8, 4) is 0 Å². The van der Waals surface area contributed by atoms with Gasteiger partial charge in [0.25, 0.3) is 0 Å². The van der Waals surface area contributed by atoms with Crippen LogP contribution in [0.25, 0.3) is 0 Å². The highest BCUT2D eigenvalue weighted by Gasteiger charge is 2.34. The quantitative estimate of drug-likeness (QED) is 0.807. The molecule has 0 spiro atoms. The molecule has 8 heteroatoms. The van der Waals surface area contributed by atoms with Crippen LogP contribution >= 0.6 is 0 Å². The Balaban J connectivity index is 2.25. The average molecular weight is 273 g/mol. The van der Waals surface area contributed by atoms with E-state index < -0.39 is 11.9 Å². The first-order chi connectivity index (χ1) is 9.50. The van der Waals surface area contributed by atoms with Crippen LogP contribution < -0.4 is 11.1 Å². The van der Waals surface area contributed by atoms with Gasteiger partial charge in [-0.25, -0.2) is 4.68 Å². The minimum absolute atomic E-state index is 0.403. The first kappa shape index (κ1) is 12.4. The van der Waals surface area contributed by atoms with Gasteiger partial charge in [0, 0.05) is 24.0 Å². The number of aryl methyl sites for hydroxylation is 1. The van der Waals surface area contributed by atoms with E-state index in [0.717, 1.165) is 11.3 Å². The van der Waals surface area contributed by atoms with Gasteiger partial charge in [-0.05, 0) is 13.8 Å². The van der Waals surface area contributed by atoms with Gasteiger partial charge in [-0.1, -0.05) is 0 Å². The molecule has 20 heavy (non-hydrogen) atoms. The summed E-state index contributed by atoms with van der Waals surface area (Å²) in [4.78, 5) is 16.0. The molecule has 2 aromatic rings. The van der Waals surface area contributed by atoms with Crippen LogP contribution in [0.2, 0.25) is 0 Å². The number of hydrogen-bond acceptors (Lipinski definition) is 5. The van der Waals surface area contributed by atoms with Gasteiger partial charge in [0.05, 0.1) is 11.8 Å². The van der Waals surface area contributed by atoms with Crippen LogP contribution in [0.1, 0.15) is 24.2 Å². The number of allylic oxidation sites excluding steroid dienone is 1. The number of amides is 1. The molecule has 8 nitrogen and oxygen atoms in total. The van der Waals surface area contributed by atoms with Crippen LogP contribution in [0.3, 0.4) is 0 Å². The lowest BCUT2D eigenvalue weighted by Crippen LogP contribution is -2.32. The summed E-state index contributed by atoms with van der Waals surface area (Å²) in [6.07, 6.45) is 3.17. The minimum Gasteiger partial charge on any atom is -0.366 e. The number of hydrogen-bond donors (Lipinski definition) is 2. The smallest absolute Gasteiger partial charge is 0.248 e. The molecule has 1 atom stereocenters. The van der Waals surface area contributed by atoms with Crippen molar-refractivity contribution in [2.24, 2.45) is 12.8 Å². The van der Waals surface area contributed by atoms with E-state index in [1.54, 1.807) is 22.5 Å². The van der Waals surface area contributed by atoms with Crippen molar-refractivity contribution in [2.75, 3.05) is 5.32 Å². The molecule has 0 bridgehead atoms. The number of nitrogens with zero attached hydrogens (tertiary/aromatic N) is 5. The molecule has 1 unspecified atom stereocenters. The number of aromatic nitrogens is 5. The Labute approximate surface area is 115 Å². The standard InChI is InChI=1S/C12H15N7O/c1-6-9(11(13)20)10(8-4-15-18(3)7(8)2)19-12(17-6)14-5-16-19/h4-5,10H,1-3H3,(H2,13,20)(H,14,16,17). The van der Waals surface area contributed by atoms with E-state index in [4.69, 9.17) is 5.73 Å². The van der Waals surface area contributed by atoms with E-state index in [2.05, 4.69) is 20.5 Å². The summed E-state index contributed by atoms with van der Waals surface area (Å²) >= 11 is 0. The number of nitrogens with two attached hydrogens (primary N) is 1. The molecule has 3 heterocycles. The maximum atomic E-state index is 11.8. The summed E-state index contributed by atoms with van der Waals surface area (Å²) in [6, 6.07) is -0.403. The van der Waals surface area contributed by atoms with Gasteiger partial charge < -0.3 is 11.1 Å². The molecule has 104 valence electrons. The summed E-state index contributed by atoms with van der Waals surface area (Å²) in [5.74, 6) is 0.102. The number of fused-ring (bicyclic) bond motifs is 1. The van der Waals surface area contributed by atoms with Gasteiger partial charge >= 0.3 is 0 Å². The minimum atomic E-state index is -0.482. The van der Waals surface area contributed by atoms with E-state index >= 15 is 0 Å². The lowest BCUT2D eigenvalue weighted by atomic mass is 9.96. The van der Waals surface area contributed by atoms with Crippen molar-refractivity contribution in [1.82, 2.24) is 24.5 Å². The van der Waals surface area contributed by atoms with Crippen molar-refractivity contribution in [3.63, 3.8) is 0 Å². The molecule has 0 aliphatic carbocycles. The predicted molar refractivity (Wildman–Crippen MR) is 71.6 cm³/mol. The molecule has 3 rings (SSSR count). The zero-order chi connectivity index (χ0) is 14.4. The molecule has 1 amide bonds. The molecule has 1 aliphatic heterocycles. The molecule has 0 saturated heterocycles. The highest BCUT2D eigenvalue weighted by atomic mass is 16.1. The molecule has 1 aliphatic rings. The molecule has 0 radical (unpaired) electrons. The molecular formula is C12H15N7O. The summed E-state index contributed by atoms with van der Waals surface area (Å²) in [5.41, 5.74) is 8.53. The topological polar surface area (TPSA) is 104 Å². The zero-order valence-corrected chi connectivity index (χ0v) is 11.5. The monoisotopic (exact) mass is 273 g/mol. The Morgan fingerprint density at radius 2 is 2.15 bits per heavy atom. The summed E-state index contributed by atoms with van der Waals surface area (Å²) < 4.78 is 3.40. The van der Waals surface area contributed by atoms with Crippen molar-refractivity contribution >= 4 is 11.9 Å². The largest absolute Gasteiger partial charge is 0.366 e. The van der Waals surface area contributed by atoms with E-state index in [-0.39, 0.29) is 0 Å². The first-order valence-electron chi connectivity index (χ1n) is 6.16. The Kier molecular flexibility index (Phi) is 2.60. The van der Waals surface area contributed by atoms with Crippen molar-refractivity contribution < 1.29 is 4.79 Å². The van der Waals surface area contributed by atoms with Crippen LogP contribution in [0.5, 0.6) is 0 Å². The maximum Gasteiger partial charge on any atom is 0.248 e. The highest BCUT2D eigenvalue weighted by Crippen LogP contribution is 2.35. The Bertz CT molecular complexity index is 724. The summed E-state index contributed by atoms with van der Waals surface area (Å²) in [6.45, 7) is 3.74. The number of carbonyl (C=O) groups is 1. The number of anilines is 1. The van der Waals surface area contributed by atoms with Gasteiger partial charge in [-0.15, -0.1) is 0 Å². The number of rotatable bonds is 2. The van der Waals surface area contributed by atoms with Gasteiger partial charge in [0.2, 0.25) is 11.9 Å². The van der Waals surface area contributed by atoms with Crippen molar-refractivity contribution in [3.05, 3.63) is 35.1 Å². The lowest BCUT2D eigenvalue weighted by molar-refractivity contribution is -0.115. The molecule has 3 N–H and O–H groups in total. The Morgan fingerprint density at radius 3 is 2.75 bits per heavy atom. The Hall–Kier alpha value is -2.64. The van der Waals surface area contributed by atoms with Crippen molar-refractivity contribution in [1.29, 1.82) is 0 Å². The molecular weight excluding hydrogens is 258 g/mol. The fraction of sp³-hybridized carbons (Fsp3) is 0.333. The second-order valence-electron chi connectivity index (χ2n) is 4.77. The van der Waals surface area contributed by atoms with Crippen molar-refractivity contribution in [2.45, 2.75) is 19.9 Å². The highest BCUT2D eigenvalue weighted by molar-refractivity contribution is 5.95. The fourth-order valence-electron chi connectivity index (χ4n) is 2.48. The molecule has 0 aromatic carbocycles. The second-order valence-corrected chi connectivity index (χ2v) is 4.77. The van der Waals surface area contributed by atoms with Crippen LogP contribution in [-0.2, 0) is 11.8 Å². The Morgan fingerprint density at radius 1 is 1.40 bits per heavy atom. The summed E-state index contributed by atoms with van der Waals surface area (Å²) in [7, 11) is 1.85. The molecule has 0 fully saturated rings. The van der Waals surface area contributed by atoms with Gasteiger partial charge in [-0.3, -0.25) is 9.48 Å². The number of carbonyl (C=O) groups excluding carboxylic acids is 1. The maximum absolute atomic E-state index is 11.8. The van der Waals surface area contributed by atoms with Crippen LogP contribution in [0.4, 0.5) is 5.95 Å². The van der Waals surface area contributed by atoms with Gasteiger partial charge in [0.1, 0.15) is 12.4 Å². The fourth-order valence-corrected chi connectivity index (χ4v) is 2.48. The SMILES string of the molecule is CC1=C(C(N)=O)C(c2cnn(C)c2C)n2ncnc2N1. The normalized spacial score (nSPS) is 17.9. The predicted octanol–water partition coefficient (Wildman–Crippen LogP) is 0.0942. The third-order valence-electron chi connectivity index (χ3n) is 3.63. The van der Waals surface area contributed by atoms with E-state index in [1.807, 2.05) is 14.0 Å². The van der Waals surface area contributed by atoms with Crippen LogP contribution in [-0.4, -0.2) is 30.5 Å². The van der Waals surface area contributed by atoms with E-state index in [0.29, 0.717) is 17.2 Å². The third-order valence-corrected chi connectivity index (χ3v) is 3.63. The first-order valence-corrected chi connectivity index (χ1v) is 6.16. The second kappa shape index (κ2) is 4.19. The third kappa shape index (κ3) is 1.61.